The molecule has 2 nitrogen and oxygen atoms in total. The quantitative estimate of drug-likeness (QED) is 0.150. The van der Waals surface area contributed by atoms with Gasteiger partial charge in [0.1, 0.15) is 0 Å². The normalized spacial score (nSPS) is 10.7. The second-order valence-electron chi connectivity index (χ2n) is 8.75. The molecule has 2 heterocycles. The van der Waals surface area contributed by atoms with E-state index < -0.39 is 8.80 Å². The predicted octanol–water partition coefficient (Wildman–Crippen LogP) is 5.79. The van der Waals surface area contributed by atoms with Crippen LogP contribution in [0.25, 0.3) is 33.8 Å². The Morgan fingerprint density at radius 1 is 0.474 bits per heavy atom. The van der Waals surface area contributed by atoms with E-state index in [0.717, 1.165) is 28.2 Å². The van der Waals surface area contributed by atoms with Gasteiger partial charge in [-0.2, -0.15) is 0 Å². The summed E-state index contributed by atoms with van der Waals surface area (Å²) in [4.78, 5) is 9.63. The second kappa shape index (κ2) is 12.0. The van der Waals surface area contributed by atoms with Gasteiger partial charge < -0.3 is 0 Å². The van der Waals surface area contributed by atoms with Crippen molar-refractivity contribution >= 4 is 24.4 Å². The Balaban J connectivity index is 0.00000294. The molecule has 0 atom stereocenters. The molecule has 0 fully saturated rings. The first-order valence-corrected chi connectivity index (χ1v) is 13.9. The van der Waals surface area contributed by atoms with Gasteiger partial charge in [-0.3, -0.25) is 9.97 Å². The molecule has 6 rings (SSSR count). The van der Waals surface area contributed by atoms with Crippen LogP contribution in [0.1, 0.15) is 0 Å². The van der Waals surface area contributed by atoms with Crippen LogP contribution >= 0.6 is 0 Å². The number of benzene rings is 4. The van der Waals surface area contributed by atoms with Crippen LogP contribution in [0.2, 0.25) is 0 Å². The third-order valence-electron chi connectivity index (χ3n) is 6.36. The molecule has 0 spiro atoms. The summed E-state index contributed by atoms with van der Waals surface area (Å²) in [5.41, 5.74) is 5.87. The Morgan fingerprint density at radius 2 is 1.03 bits per heavy atom. The van der Waals surface area contributed by atoms with E-state index in [1.807, 2.05) is 36.5 Å². The Kier molecular flexibility index (Phi) is 8.04. The molecule has 2 aromatic heterocycles. The molecule has 4 heteroatoms. The van der Waals surface area contributed by atoms with E-state index in [4.69, 9.17) is 4.98 Å². The second-order valence-corrected chi connectivity index (χ2v) is 11.2. The predicted molar refractivity (Wildman–Crippen MR) is 155 cm³/mol. The first-order valence-electron chi connectivity index (χ1n) is 12.4. The molecule has 0 saturated carbocycles. The van der Waals surface area contributed by atoms with Gasteiger partial charge in [-0.1, -0.05) is 131 Å². The van der Waals surface area contributed by atoms with Gasteiger partial charge in [-0.05, 0) is 22.9 Å². The third kappa shape index (κ3) is 5.43. The first kappa shape index (κ1) is 25.5. The molecular formula is C34H24N2NiSi-. The number of rotatable bonds is 6. The topological polar surface area (TPSA) is 25.8 Å². The van der Waals surface area contributed by atoms with Crippen molar-refractivity contribution in [1.82, 2.24) is 9.97 Å². The van der Waals surface area contributed by atoms with Crippen molar-refractivity contribution in [1.29, 1.82) is 0 Å². The maximum atomic E-state index is 5.14. The molecule has 6 aromatic rings. The standard InChI is InChI=1S/C34H24N2Si.Ni/c1-3-15-28(16-4-1)37(29-17-5-2-6-18-29)34-23-8-7-19-30(34)33-22-12-21-32(36-33)27-14-11-13-26(25-27)31-20-9-10-24-35-31;/h1-24H;/q-1;. The zero-order valence-corrected chi connectivity index (χ0v) is 22.6. The minimum absolute atomic E-state index is 0. The van der Waals surface area contributed by atoms with Crippen LogP contribution in [0.4, 0.5) is 0 Å². The van der Waals surface area contributed by atoms with Crippen LogP contribution in [0, 0.1) is 6.07 Å². The van der Waals surface area contributed by atoms with Crippen molar-refractivity contribution in [2.24, 2.45) is 0 Å². The number of aromatic nitrogens is 2. The minimum atomic E-state index is -1.23. The van der Waals surface area contributed by atoms with Crippen LogP contribution in [-0.4, -0.2) is 18.8 Å². The van der Waals surface area contributed by atoms with E-state index >= 15 is 0 Å². The van der Waals surface area contributed by atoms with E-state index in [-0.39, 0.29) is 16.5 Å². The Bertz CT molecular complexity index is 1580. The van der Waals surface area contributed by atoms with Crippen LogP contribution in [-0.2, 0) is 16.5 Å². The largest absolute Gasteiger partial charge is 0.295 e. The Morgan fingerprint density at radius 3 is 1.71 bits per heavy atom. The maximum absolute atomic E-state index is 5.14. The molecule has 0 amide bonds. The molecular weight excluding hydrogens is 523 g/mol. The summed E-state index contributed by atoms with van der Waals surface area (Å²) in [5.74, 6) is 0. The molecule has 0 aliphatic carbocycles. The zero-order chi connectivity index (χ0) is 24.9. The van der Waals surface area contributed by atoms with Gasteiger partial charge in [0.15, 0.2) is 8.80 Å². The van der Waals surface area contributed by atoms with Gasteiger partial charge in [0.2, 0.25) is 0 Å². The van der Waals surface area contributed by atoms with Gasteiger partial charge in [0.05, 0.1) is 5.69 Å². The zero-order valence-electron chi connectivity index (χ0n) is 20.6. The summed E-state index contributed by atoms with van der Waals surface area (Å²) in [6, 6.07) is 52.3. The van der Waals surface area contributed by atoms with E-state index in [1.165, 1.54) is 21.1 Å². The molecule has 0 saturated heterocycles. The van der Waals surface area contributed by atoms with Crippen LogP contribution < -0.4 is 15.6 Å². The molecule has 0 bridgehead atoms. The number of nitrogens with zero attached hydrogens (tertiary/aromatic N) is 2. The summed E-state index contributed by atoms with van der Waals surface area (Å²) in [7, 11) is -1.23. The van der Waals surface area contributed by atoms with Crippen LogP contribution in [0.3, 0.4) is 0 Å². The van der Waals surface area contributed by atoms with Crippen molar-refractivity contribution in [2.75, 3.05) is 0 Å². The number of pyridine rings is 2. The van der Waals surface area contributed by atoms with E-state index in [9.17, 15) is 0 Å². The van der Waals surface area contributed by atoms with Gasteiger partial charge in [-0.25, -0.2) is 0 Å². The average Bonchev–Trinajstić information content (AvgIpc) is 2.99. The summed E-state index contributed by atoms with van der Waals surface area (Å²) < 4.78 is 0. The molecule has 185 valence electrons. The minimum Gasteiger partial charge on any atom is -0.295 e. The Labute approximate surface area is 235 Å². The maximum Gasteiger partial charge on any atom is 0.155 e. The van der Waals surface area contributed by atoms with E-state index in [2.05, 4.69) is 120 Å². The van der Waals surface area contributed by atoms with Crippen molar-refractivity contribution in [3.63, 3.8) is 0 Å². The molecule has 0 aliphatic rings. The van der Waals surface area contributed by atoms with Crippen molar-refractivity contribution in [3.05, 3.63) is 152 Å². The summed E-state index contributed by atoms with van der Waals surface area (Å²) in [5, 5.41) is 4.05. The fourth-order valence-electron chi connectivity index (χ4n) is 4.64. The number of hydrogen-bond acceptors (Lipinski definition) is 2. The molecule has 4 aromatic carbocycles. The monoisotopic (exact) mass is 546 g/mol. The molecule has 0 aliphatic heterocycles. The van der Waals surface area contributed by atoms with Gasteiger partial charge in [0, 0.05) is 34.1 Å². The fourth-order valence-corrected chi connectivity index (χ4v) is 7.39. The van der Waals surface area contributed by atoms with Crippen LogP contribution in [0.15, 0.2) is 146 Å². The fraction of sp³-hybridized carbons (Fsp3) is 0. The van der Waals surface area contributed by atoms with Gasteiger partial charge in [-0.15, -0.1) is 24.3 Å². The summed E-state index contributed by atoms with van der Waals surface area (Å²) >= 11 is 0. The molecule has 38 heavy (non-hydrogen) atoms. The van der Waals surface area contributed by atoms with Crippen molar-refractivity contribution in [3.8, 4) is 33.8 Å². The van der Waals surface area contributed by atoms with Crippen molar-refractivity contribution in [2.45, 2.75) is 0 Å². The molecule has 0 N–H and O–H groups in total. The third-order valence-corrected chi connectivity index (χ3v) is 9.15. The summed E-state index contributed by atoms with van der Waals surface area (Å²) in [6.45, 7) is 0. The smallest absolute Gasteiger partial charge is 0.155 e. The van der Waals surface area contributed by atoms with Crippen molar-refractivity contribution < 1.29 is 16.5 Å². The molecule has 1 radical (unpaired) electrons. The van der Waals surface area contributed by atoms with E-state index in [1.54, 1.807) is 0 Å². The van der Waals surface area contributed by atoms with Gasteiger partial charge >= 0.3 is 0 Å². The Hall–Kier alpha value is -4.11. The average molecular weight is 547 g/mol. The number of hydrogen-bond donors (Lipinski definition) is 0. The summed E-state index contributed by atoms with van der Waals surface area (Å²) in [6.07, 6.45) is 1.81. The SMILES string of the molecule is [Ni].[c-]1c(-c2ccccn2)cccc1-c1cccc(-c2ccccc2[Si](c2ccccc2)c2ccccc2)n1. The van der Waals surface area contributed by atoms with Gasteiger partial charge in [0.25, 0.3) is 0 Å². The van der Waals surface area contributed by atoms with Crippen LogP contribution in [0.5, 0.6) is 0 Å². The molecule has 0 unspecified atom stereocenters. The first-order chi connectivity index (χ1) is 18.4. The van der Waals surface area contributed by atoms with E-state index in [0.29, 0.717) is 0 Å².